The van der Waals surface area contributed by atoms with Crippen LogP contribution in [0.25, 0.3) is 11.6 Å². The number of nitrogens with zero attached hydrogens (tertiary/aromatic N) is 4. The lowest BCUT2D eigenvalue weighted by molar-refractivity contribution is 0.378. The second-order valence-corrected chi connectivity index (χ2v) is 9.47. The summed E-state index contributed by atoms with van der Waals surface area (Å²) in [6, 6.07) is 9.33. The van der Waals surface area contributed by atoms with E-state index < -0.39 is 10.0 Å². The van der Waals surface area contributed by atoms with E-state index in [2.05, 4.69) is 20.1 Å². The van der Waals surface area contributed by atoms with Gasteiger partial charge in [0.25, 0.3) is 5.89 Å². The molecule has 5 rings (SSSR count). The Bertz CT molecular complexity index is 1140. The number of benzene rings is 1. The number of ether oxygens (including phenoxy) is 1. The standard InChI is InChI=1S/C20H23N5O4S/c1-28-18-5-3-2-4-17(18)24-8-10-25(11-9-24)30(26,27)15-12-16(21-13-15)20-23-22-19(29-20)14-6-7-14/h2-5,12-14,21H,6-11H2,1H3. The van der Waals surface area contributed by atoms with Crippen molar-refractivity contribution < 1.29 is 17.6 Å². The summed E-state index contributed by atoms with van der Waals surface area (Å²) in [5, 5.41) is 8.10. The number of piperazine rings is 1. The van der Waals surface area contributed by atoms with Gasteiger partial charge in [0.1, 0.15) is 16.3 Å². The fraction of sp³-hybridized carbons (Fsp3) is 0.400. The van der Waals surface area contributed by atoms with E-state index in [9.17, 15) is 8.42 Å². The number of hydrogen-bond acceptors (Lipinski definition) is 7. The molecule has 158 valence electrons. The lowest BCUT2D eigenvalue weighted by atomic mass is 10.2. The van der Waals surface area contributed by atoms with Gasteiger partial charge in [0, 0.05) is 38.3 Å². The van der Waals surface area contributed by atoms with Gasteiger partial charge < -0.3 is 19.0 Å². The van der Waals surface area contributed by atoms with Crippen molar-refractivity contribution >= 4 is 15.7 Å². The fourth-order valence-electron chi connectivity index (χ4n) is 3.70. The minimum absolute atomic E-state index is 0.203. The average Bonchev–Trinajstić information content (AvgIpc) is 3.29. The number of rotatable bonds is 6. The van der Waals surface area contributed by atoms with Crippen LogP contribution in [0, 0.1) is 0 Å². The van der Waals surface area contributed by atoms with E-state index in [4.69, 9.17) is 9.15 Å². The lowest BCUT2D eigenvalue weighted by Gasteiger charge is -2.35. The quantitative estimate of drug-likeness (QED) is 0.642. The van der Waals surface area contributed by atoms with Gasteiger partial charge in [-0.1, -0.05) is 12.1 Å². The number of aromatic nitrogens is 3. The van der Waals surface area contributed by atoms with Crippen LogP contribution < -0.4 is 9.64 Å². The molecule has 1 aliphatic heterocycles. The maximum atomic E-state index is 13.1. The van der Waals surface area contributed by atoms with Crippen LogP contribution in [0.3, 0.4) is 0 Å². The van der Waals surface area contributed by atoms with Gasteiger partial charge in [-0.2, -0.15) is 4.31 Å². The molecule has 1 N–H and O–H groups in total. The Balaban J connectivity index is 1.29. The van der Waals surface area contributed by atoms with Gasteiger partial charge in [0.2, 0.25) is 15.9 Å². The molecule has 3 aromatic rings. The maximum Gasteiger partial charge on any atom is 0.264 e. The molecule has 9 nitrogen and oxygen atoms in total. The Morgan fingerprint density at radius 1 is 1.13 bits per heavy atom. The molecule has 3 heterocycles. The van der Waals surface area contributed by atoms with Gasteiger partial charge in [-0.25, -0.2) is 8.42 Å². The van der Waals surface area contributed by atoms with Crippen LogP contribution in [0.2, 0.25) is 0 Å². The van der Waals surface area contributed by atoms with E-state index in [1.165, 1.54) is 10.5 Å². The molecule has 10 heteroatoms. The van der Waals surface area contributed by atoms with Crippen molar-refractivity contribution in [2.24, 2.45) is 0 Å². The van der Waals surface area contributed by atoms with Crippen LogP contribution in [-0.4, -0.2) is 61.2 Å². The van der Waals surface area contributed by atoms with Crippen LogP contribution >= 0.6 is 0 Å². The van der Waals surface area contributed by atoms with Crippen molar-refractivity contribution in [1.82, 2.24) is 19.5 Å². The summed E-state index contributed by atoms with van der Waals surface area (Å²) in [5.74, 6) is 2.08. The number of anilines is 1. The summed E-state index contributed by atoms with van der Waals surface area (Å²) in [4.78, 5) is 5.31. The zero-order chi connectivity index (χ0) is 20.7. The molecule has 1 saturated heterocycles. The van der Waals surface area contributed by atoms with Crippen LogP contribution in [0.15, 0.2) is 45.8 Å². The maximum absolute atomic E-state index is 13.1. The molecule has 1 aromatic carbocycles. The Labute approximate surface area is 174 Å². The first-order valence-corrected chi connectivity index (χ1v) is 11.4. The van der Waals surface area contributed by atoms with E-state index in [-0.39, 0.29) is 4.90 Å². The van der Waals surface area contributed by atoms with Crippen molar-refractivity contribution in [3.63, 3.8) is 0 Å². The molecule has 0 bridgehead atoms. The van der Waals surface area contributed by atoms with Gasteiger partial charge in [0.15, 0.2) is 0 Å². The van der Waals surface area contributed by atoms with E-state index >= 15 is 0 Å². The van der Waals surface area contributed by atoms with Crippen molar-refractivity contribution in [3.8, 4) is 17.3 Å². The summed E-state index contributed by atoms with van der Waals surface area (Å²) >= 11 is 0. The first-order chi connectivity index (χ1) is 14.6. The predicted octanol–water partition coefficient (Wildman–Crippen LogP) is 2.46. The lowest BCUT2D eigenvalue weighted by Crippen LogP contribution is -2.48. The normalized spacial score (nSPS) is 18.0. The number of aromatic amines is 1. The zero-order valence-electron chi connectivity index (χ0n) is 16.6. The SMILES string of the molecule is COc1ccccc1N1CCN(S(=O)(=O)c2c[nH]c(-c3nnc(C4CC4)o3)c2)CC1. The van der Waals surface area contributed by atoms with E-state index in [0.717, 1.165) is 24.3 Å². The van der Waals surface area contributed by atoms with Crippen molar-refractivity contribution in [1.29, 1.82) is 0 Å². The first-order valence-electron chi connectivity index (χ1n) is 9.96. The highest BCUT2D eigenvalue weighted by Crippen LogP contribution is 2.40. The summed E-state index contributed by atoms with van der Waals surface area (Å²) < 4.78 is 38.8. The summed E-state index contributed by atoms with van der Waals surface area (Å²) in [6.07, 6.45) is 3.61. The Morgan fingerprint density at radius 2 is 1.90 bits per heavy atom. The van der Waals surface area contributed by atoms with E-state index in [0.29, 0.717) is 49.6 Å². The highest BCUT2D eigenvalue weighted by Gasteiger charge is 2.32. The molecule has 0 amide bonds. The second kappa shape index (κ2) is 7.44. The third-order valence-corrected chi connectivity index (χ3v) is 7.43. The molecule has 30 heavy (non-hydrogen) atoms. The predicted molar refractivity (Wildman–Crippen MR) is 110 cm³/mol. The smallest absolute Gasteiger partial charge is 0.264 e. The average molecular weight is 430 g/mol. The number of nitrogens with one attached hydrogen (secondary N) is 1. The number of H-pyrrole nitrogens is 1. The molecule has 0 unspecified atom stereocenters. The van der Waals surface area contributed by atoms with Gasteiger partial charge in [-0.15, -0.1) is 10.2 Å². The van der Waals surface area contributed by atoms with Gasteiger partial charge in [0.05, 0.1) is 12.8 Å². The minimum atomic E-state index is -3.61. The van der Waals surface area contributed by atoms with Crippen molar-refractivity contribution in [2.45, 2.75) is 23.7 Å². The molecule has 2 aromatic heterocycles. The third-order valence-electron chi connectivity index (χ3n) is 5.56. The Kier molecular flexibility index (Phi) is 4.75. The molecule has 0 radical (unpaired) electrons. The molecule has 2 aliphatic rings. The largest absolute Gasteiger partial charge is 0.495 e. The highest BCUT2D eigenvalue weighted by atomic mass is 32.2. The second-order valence-electron chi connectivity index (χ2n) is 7.53. The van der Waals surface area contributed by atoms with Gasteiger partial charge >= 0.3 is 0 Å². The molecule has 1 aliphatic carbocycles. The third kappa shape index (κ3) is 3.46. The minimum Gasteiger partial charge on any atom is -0.495 e. The summed E-state index contributed by atoms with van der Waals surface area (Å²) in [7, 11) is -1.97. The molecule has 2 fully saturated rings. The fourth-order valence-corrected chi connectivity index (χ4v) is 5.11. The summed E-state index contributed by atoms with van der Waals surface area (Å²) in [6.45, 7) is 1.97. The molecule has 0 atom stereocenters. The Morgan fingerprint density at radius 3 is 2.63 bits per heavy atom. The number of methoxy groups -OCH3 is 1. The van der Waals surface area contributed by atoms with Crippen molar-refractivity contribution in [2.75, 3.05) is 38.2 Å². The van der Waals surface area contributed by atoms with Crippen LogP contribution in [0.1, 0.15) is 24.7 Å². The highest BCUT2D eigenvalue weighted by molar-refractivity contribution is 7.89. The zero-order valence-corrected chi connectivity index (χ0v) is 17.4. The summed E-state index contributed by atoms with van der Waals surface area (Å²) in [5.41, 5.74) is 1.49. The number of hydrogen-bond donors (Lipinski definition) is 1. The molecular weight excluding hydrogens is 406 g/mol. The van der Waals surface area contributed by atoms with Crippen LogP contribution in [-0.2, 0) is 10.0 Å². The number of para-hydroxylation sites is 2. The van der Waals surface area contributed by atoms with E-state index in [1.807, 2.05) is 24.3 Å². The van der Waals surface area contributed by atoms with Gasteiger partial charge in [-0.3, -0.25) is 0 Å². The monoisotopic (exact) mass is 429 g/mol. The topological polar surface area (TPSA) is 105 Å². The van der Waals surface area contributed by atoms with Crippen LogP contribution in [0.4, 0.5) is 5.69 Å². The Hall–Kier alpha value is -2.85. The van der Waals surface area contributed by atoms with Crippen LogP contribution in [0.5, 0.6) is 5.75 Å². The molecular formula is C20H23N5O4S. The van der Waals surface area contributed by atoms with E-state index in [1.54, 1.807) is 13.2 Å². The number of sulfonamides is 1. The first kappa shape index (κ1) is 19.1. The molecule has 0 spiro atoms. The van der Waals surface area contributed by atoms with Crippen molar-refractivity contribution in [3.05, 3.63) is 42.4 Å². The molecule has 1 saturated carbocycles. The van der Waals surface area contributed by atoms with Gasteiger partial charge in [-0.05, 0) is 31.0 Å².